The summed E-state index contributed by atoms with van der Waals surface area (Å²) >= 11 is 0. The van der Waals surface area contributed by atoms with Crippen molar-refractivity contribution in [3.8, 4) is 5.75 Å². The van der Waals surface area contributed by atoms with Crippen molar-refractivity contribution in [1.29, 1.82) is 0 Å². The van der Waals surface area contributed by atoms with Crippen LogP contribution in [-0.2, 0) is 16.1 Å². The number of halogens is 1. The second-order valence-electron chi connectivity index (χ2n) is 6.93. The van der Waals surface area contributed by atoms with Gasteiger partial charge in [0, 0.05) is 44.8 Å². The van der Waals surface area contributed by atoms with Crippen molar-refractivity contribution < 1.29 is 18.7 Å². The summed E-state index contributed by atoms with van der Waals surface area (Å²) in [6.45, 7) is 1.58. The fourth-order valence-electron chi connectivity index (χ4n) is 3.43. The predicted octanol–water partition coefficient (Wildman–Crippen LogP) is 1.37. The molecule has 150 valence electrons. The highest BCUT2D eigenvalue weighted by Crippen LogP contribution is 2.26. The Balaban J connectivity index is 1.55. The fourth-order valence-corrected chi connectivity index (χ4v) is 3.43. The second kappa shape index (κ2) is 9.29. The first-order chi connectivity index (χ1) is 13.5. The molecule has 2 atom stereocenters. The third-order valence-electron chi connectivity index (χ3n) is 4.83. The van der Waals surface area contributed by atoms with E-state index in [1.165, 1.54) is 18.5 Å². The van der Waals surface area contributed by atoms with E-state index in [1.54, 1.807) is 28.0 Å². The second-order valence-corrected chi connectivity index (χ2v) is 6.93. The number of hydrogen-bond acceptors (Lipinski definition) is 5. The number of rotatable bonds is 8. The molecule has 1 aliphatic rings. The quantitative estimate of drug-likeness (QED) is 0.734. The molecule has 0 radical (unpaired) electrons. The van der Waals surface area contributed by atoms with Crippen LogP contribution in [0.15, 0.2) is 36.9 Å². The van der Waals surface area contributed by atoms with E-state index in [-0.39, 0.29) is 30.2 Å². The van der Waals surface area contributed by atoms with Gasteiger partial charge in [-0.15, -0.1) is 0 Å². The molecular formula is C19H24FN5O3. The number of primary amides is 1. The van der Waals surface area contributed by atoms with E-state index in [1.807, 2.05) is 0 Å². The Hall–Kier alpha value is -2.97. The Morgan fingerprint density at radius 1 is 1.29 bits per heavy atom. The number of nitrogens with two attached hydrogens (primary N) is 1. The Morgan fingerprint density at radius 2 is 2.07 bits per heavy atom. The standard InChI is InChI=1S/C19H24FN5O3/c20-15-3-5-16(6-4-15)28-17-7-9-24(11-14(17)10-18(21)26)19(27)2-1-8-25-13-22-12-23-25/h3-6,12-14,17H,1-2,7-11H2,(H2,21,26)/t14-,17-/m0/s1. The molecule has 1 saturated heterocycles. The monoisotopic (exact) mass is 389 g/mol. The number of benzene rings is 1. The zero-order valence-electron chi connectivity index (χ0n) is 15.5. The molecule has 0 spiro atoms. The molecule has 28 heavy (non-hydrogen) atoms. The van der Waals surface area contributed by atoms with Crippen molar-refractivity contribution in [1.82, 2.24) is 19.7 Å². The molecule has 1 fully saturated rings. The number of ether oxygens (including phenoxy) is 1. The van der Waals surface area contributed by atoms with E-state index in [4.69, 9.17) is 10.5 Å². The molecule has 2 aromatic rings. The predicted molar refractivity (Wildman–Crippen MR) is 98.6 cm³/mol. The molecule has 2 N–H and O–H groups in total. The molecule has 0 unspecified atom stereocenters. The molecule has 0 bridgehead atoms. The highest BCUT2D eigenvalue weighted by atomic mass is 19.1. The maximum Gasteiger partial charge on any atom is 0.222 e. The van der Waals surface area contributed by atoms with Gasteiger partial charge in [-0.05, 0) is 30.7 Å². The van der Waals surface area contributed by atoms with Gasteiger partial charge in [0.2, 0.25) is 11.8 Å². The van der Waals surface area contributed by atoms with E-state index in [0.717, 1.165) is 0 Å². The maximum absolute atomic E-state index is 13.1. The van der Waals surface area contributed by atoms with Crippen LogP contribution in [0, 0.1) is 11.7 Å². The minimum absolute atomic E-state index is 0.0369. The number of piperidine rings is 1. The number of aryl methyl sites for hydroxylation is 1. The SMILES string of the molecule is NC(=O)C[C@H]1CN(C(=O)CCCn2cncn2)CC[C@@H]1Oc1ccc(F)cc1. The molecule has 1 aromatic carbocycles. The largest absolute Gasteiger partial charge is 0.490 e. The van der Waals surface area contributed by atoms with E-state index in [2.05, 4.69) is 10.1 Å². The first-order valence-electron chi connectivity index (χ1n) is 9.32. The van der Waals surface area contributed by atoms with Gasteiger partial charge in [0.15, 0.2) is 0 Å². The summed E-state index contributed by atoms with van der Waals surface area (Å²) in [6.07, 6.45) is 4.60. The van der Waals surface area contributed by atoms with Crippen molar-refractivity contribution in [3.63, 3.8) is 0 Å². The van der Waals surface area contributed by atoms with Gasteiger partial charge in [-0.3, -0.25) is 14.3 Å². The number of amides is 2. The lowest BCUT2D eigenvalue weighted by Crippen LogP contribution is -2.49. The summed E-state index contributed by atoms with van der Waals surface area (Å²) in [5, 5.41) is 4.01. The lowest BCUT2D eigenvalue weighted by molar-refractivity contribution is -0.136. The van der Waals surface area contributed by atoms with Crippen molar-refractivity contribution in [2.45, 2.75) is 38.3 Å². The summed E-state index contributed by atoms with van der Waals surface area (Å²) in [5.74, 6) is -0.399. The van der Waals surface area contributed by atoms with Crippen molar-refractivity contribution in [2.75, 3.05) is 13.1 Å². The molecule has 8 nitrogen and oxygen atoms in total. The van der Waals surface area contributed by atoms with Gasteiger partial charge in [0.1, 0.15) is 30.3 Å². The molecule has 3 rings (SSSR count). The Morgan fingerprint density at radius 3 is 2.75 bits per heavy atom. The van der Waals surface area contributed by atoms with E-state index < -0.39 is 5.91 Å². The lowest BCUT2D eigenvalue weighted by Gasteiger charge is -2.38. The van der Waals surface area contributed by atoms with Crippen LogP contribution in [-0.4, -0.2) is 50.7 Å². The van der Waals surface area contributed by atoms with Crippen LogP contribution < -0.4 is 10.5 Å². The number of nitrogens with zero attached hydrogens (tertiary/aromatic N) is 4. The van der Waals surface area contributed by atoms with Crippen LogP contribution in [0.3, 0.4) is 0 Å². The van der Waals surface area contributed by atoms with Crippen molar-refractivity contribution in [2.24, 2.45) is 11.7 Å². The minimum atomic E-state index is -0.432. The molecule has 9 heteroatoms. The number of likely N-dealkylation sites (tertiary alicyclic amines) is 1. The average Bonchev–Trinajstić information content (AvgIpc) is 3.18. The van der Waals surface area contributed by atoms with Crippen LogP contribution >= 0.6 is 0 Å². The van der Waals surface area contributed by atoms with Gasteiger partial charge >= 0.3 is 0 Å². The van der Waals surface area contributed by atoms with Crippen LogP contribution in [0.25, 0.3) is 0 Å². The summed E-state index contributed by atoms with van der Waals surface area (Å²) in [5.41, 5.74) is 5.39. The van der Waals surface area contributed by atoms with Crippen molar-refractivity contribution >= 4 is 11.8 Å². The van der Waals surface area contributed by atoms with Crippen molar-refractivity contribution in [3.05, 3.63) is 42.7 Å². The molecular weight excluding hydrogens is 365 g/mol. The topological polar surface area (TPSA) is 103 Å². The fraction of sp³-hybridized carbons (Fsp3) is 0.474. The molecule has 0 saturated carbocycles. The third-order valence-corrected chi connectivity index (χ3v) is 4.83. The minimum Gasteiger partial charge on any atom is -0.490 e. The number of hydrogen-bond donors (Lipinski definition) is 1. The lowest BCUT2D eigenvalue weighted by atomic mass is 9.91. The summed E-state index contributed by atoms with van der Waals surface area (Å²) in [4.78, 5) is 29.7. The Bertz CT molecular complexity index is 781. The van der Waals surface area contributed by atoms with E-state index in [9.17, 15) is 14.0 Å². The van der Waals surface area contributed by atoms with E-state index >= 15 is 0 Å². The normalized spacial score (nSPS) is 19.4. The Labute approximate surface area is 162 Å². The van der Waals surface area contributed by atoms with E-state index in [0.29, 0.717) is 44.6 Å². The maximum atomic E-state index is 13.1. The first-order valence-corrected chi connectivity index (χ1v) is 9.32. The van der Waals surface area contributed by atoms with Gasteiger partial charge in [0.05, 0.1) is 0 Å². The molecule has 2 heterocycles. The van der Waals surface area contributed by atoms with Gasteiger partial charge < -0.3 is 15.4 Å². The molecule has 1 aliphatic heterocycles. The zero-order chi connectivity index (χ0) is 19.9. The summed E-state index contributed by atoms with van der Waals surface area (Å²) < 4.78 is 20.7. The molecule has 2 amide bonds. The van der Waals surface area contributed by atoms with Gasteiger partial charge in [-0.25, -0.2) is 9.37 Å². The van der Waals surface area contributed by atoms with Gasteiger partial charge in [0.25, 0.3) is 0 Å². The summed E-state index contributed by atoms with van der Waals surface area (Å²) in [7, 11) is 0. The average molecular weight is 389 g/mol. The number of carbonyl (C=O) groups excluding carboxylic acids is 2. The Kier molecular flexibility index (Phi) is 6.57. The smallest absolute Gasteiger partial charge is 0.222 e. The van der Waals surface area contributed by atoms with Gasteiger partial charge in [-0.2, -0.15) is 5.10 Å². The third kappa shape index (κ3) is 5.51. The van der Waals surface area contributed by atoms with Crippen LogP contribution in [0.5, 0.6) is 5.75 Å². The molecule has 1 aromatic heterocycles. The molecule has 0 aliphatic carbocycles. The number of aromatic nitrogens is 3. The summed E-state index contributed by atoms with van der Waals surface area (Å²) in [6, 6.07) is 5.76. The number of carbonyl (C=O) groups is 2. The van der Waals surface area contributed by atoms with Gasteiger partial charge in [-0.1, -0.05) is 0 Å². The highest BCUT2D eigenvalue weighted by Gasteiger charge is 2.33. The van der Waals surface area contributed by atoms with Crippen LogP contribution in [0.1, 0.15) is 25.7 Å². The first kappa shape index (κ1) is 19.8. The highest BCUT2D eigenvalue weighted by molar-refractivity contribution is 5.77. The zero-order valence-corrected chi connectivity index (χ0v) is 15.5. The van der Waals surface area contributed by atoms with Crippen LogP contribution in [0.2, 0.25) is 0 Å². The van der Waals surface area contributed by atoms with Crippen LogP contribution in [0.4, 0.5) is 4.39 Å².